The normalized spacial score (nSPS) is 22.9. The number of carbonyl (C=O) groups is 1. The number of fused-ring (bicyclic) bond motifs is 1. The number of amides is 1. The molecule has 2 aliphatic rings. The molecule has 1 saturated heterocycles. The highest BCUT2D eigenvalue weighted by Gasteiger charge is 2.41. The van der Waals surface area contributed by atoms with Crippen molar-refractivity contribution < 1.29 is 22.7 Å². The largest absolute Gasteiger partial charge is 0.490 e. The Morgan fingerprint density at radius 1 is 1.11 bits per heavy atom. The van der Waals surface area contributed by atoms with Crippen molar-refractivity contribution in [3.05, 3.63) is 65.2 Å². The third-order valence-electron chi connectivity index (χ3n) is 5.39. The first-order chi connectivity index (χ1) is 13.4. The van der Waals surface area contributed by atoms with Crippen molar-refractivity contribution in [1.82, 2.24) is 10.2 Å². The highest BCUT2D eigenvalue weighted by molar-refractivity contribution is 5.97. The van der Waals surface area contributed by atoms with E-state index in [1.54, 1.807) is 24.3 Å². The molecule has 7 heteroatoms. The molecule has 1 atom stereocenters. The topological polar surface area (TPSA) is 41.6 Å². The molecule has 0 saturated carbocycles. The van der Waals surface area contributed by atoms with Gasteiger partial charge in [-0.3, -0.25) is 9.69 Å². The van der Waals surface area contributed by atoms with Crippen molar-refractivity contribution in [2.45, 2.75) is 31.1 Å². The summed E-state index contributed by atoms with van der Waals surface area (Å²) < 4.78 is 45.8. The van der Waals surface area contributed by atoms with E-state index in [9.17, 15) is 18.0 Å². The molecular formula is C21H21F3N2O2. The van der Waals surface area contributed by atoms with E-state index in [2.05, 4.69) is 5.32 Å². The Bertz CT molecular complexity index is 884. The van der Waals surface area contributed by atoms with Gasteiger partial charge in [-0.2, -0.15) is 13.2 Å². The Balaban J connectivity index is 1.54. The summed E-state index contributed by atoms with van der Waals surface area (Å²) in [6, 6.07) is 12.7. The lowest BCUT2D eigenvalue weighted by molar-refractivity contribution is -0.138. The van der Waals surface area contributed by atoms with Crippen LogP contribution in [0.25, 0.3) is 0 Å². The molecule has 2 aromatic carbocycles. The van der Waals surface area contributed by atoms with Gasteiger partial charge in [-0.05, 0) is 43.1 Å². The Labute approximate surface area is 161 Å². The number of nitrogens with one attached hydrogen (secondary N) is 1. The van der Waals surface area contributed by atoms with Gasteiger partial charge in [-0.25, -0.2) is 0 Å². The first-order valence-electron chi connectivity index (χ1n) is 9.28. The molecule has 0 bridgehead atoms. The van der Waals surface area contributed by atoms with Crippen molar-refractivity contribution in [3.63, 3.8) is 0 Å². The van der Waals surface area contributed by atoms with Gasteiger partial charge in [0.25, 0.3) is 5.91 Å². The maximum absolute atomic E-state index is 13.3. The van der Waals surface area contributed by atoms with Crippen molar-refractivity contribution in [1.29, 1.82) is 0 Å². The Morgan fingerprint density at radius 2 is 1.86 bits per heavy atom. The van der Waals surface area contributed by atoms with Gasteiger partial charge in [-0.15, -0.1) is 0 Å². The standard InChI is InChI=1S/C21H21F3N2O2/c22-21(23,24)17-8-3-1-6-15(17)12-26-11-5-10-20(13-26)14-28-18-9-4-2-7-16(18)19(27)25-20/h1-4,6-9H,5,10-14H2,(H,25,27). The molecule has 0 radical (unpaired) electrons. The molecule has 1 N–H and O–H groups in total. The fraction of sp³-hybridized carbons (Fsp3) is 0.381. The number of benzene rings is 2. The van der Waals surface area contributed by atoms with Gasteiger partial charge in [0, 0.05) is 13.1 Å². The van der Waals surface area contributed by atoms with E-state index in [1.165, 1.54) is 12.1 Å². The fourth-order valence-corrected chi connectivity index (χ4v) is 4.10. The Hall–Kier alpha value is -2.54. The van der Waals surface area contributed by atoms with E-state index >= 15 is 0 Å². The molecule has 2 aliphatic heterocycles. The number of likely N-dealkylation sites (tertiary alicyclic amines) is 1. The van der Waals surface area contributed by atoms with Crippen LogP contribution >= 0.6 is 0 Å². The first kappa shape index (κ1) is 18.8. The third kappa shape index (κ3) is 3.71. The summed E-state index contributed by atoms with van der Waals surface area (Å²) in [6.07, 6.45) is -2.89. The monoisotopic (exact) mass is 390 g/mol. The summed E-state index contributed by atoms with van der Waals surface area (Å²) >= 11 is 0. The second-order valence-corrected chi connectivity index (χ2v) is 7.49. The number of carbonyl (C=O) groups excluding carboxylic acids is 1. The summed E-state index contributed by atoms with van der Waals surface area (Å²) in [7, 11) is 0. The zero-order chi connectivity index (χ0) is 19.8. The molecule has 0 aliphatic carbocycles. The van der Waals surface area contributed by atoms with Crippen LogP contribution in [0.3, 0.4) is 0 Å². The van der Waals surface area contributed by atoms with Crippen molar-refractivity contribution >= 4 is 5.91 Å². The number of alkyl halides is 3. The molecule has 28 heavy (non-hydrogen) atoms. The Kier molecular flexibility index (Phi) is 4.79. The van der Waals surface area contributed by atoms with Crippen LogP contribution < -0.4 is 10.1 Å². The van der Waals surface area contributed by atoms with Gasteiger partial charge < -0.3 is 10.1 Å². The average Bonchev–Trinajstić information content (AvgIpc) is 2.79. The third-order valence-corrected chi connectivity index (χ3v) is 5.39. The van der Waals surface area contributed by atoms with Gasteiger partial charge in [0.05, 0.1) is 16.7 Å². The number of piperidine rings is 1. The Morgan fingerprint density at radius 3 is 2.68 bits per heavy atom. The average molecular weight is 390 g/mol. The highest BCUT2D eigenvalue weighted by atomic mass is 19.4. The second-order valence-electron chi connectivity index (χ2n) is 7.49. The van der Waals surface area contributed by atoms with Gasteiger partial charge in [0.1, 0.15) is 12.4 Å². The van der Waals surface area contributed by atoms with E-state index < -0.39 is 17.3 Å². The molecule has 4 rings (SSSR count). The van der Waals surface area contributed by atoms with Crippen LogP contribution in [0.15, 0.2) is 48.5 Å². The lowest BCUT2D eigenvalue weighted by atomic mass is 9.89. The molecule has 1 fully saturated rings. The van der Waals surface area contributed by atoms with E-state index in [0.29, 0.717) is 31.0 Å². The smallest absolute Gasteiger partial charge is 0.416 e. The predicted molar refractivity (Wildman–Crippen MR) is 98.1 cm³/mol. The van der Waals surface area contributed by atoms with Crippen LogP contribution in [0.2, 0.25) is 0 Å². The van der Waals surface area contributed by atoms with Gasteiger partial charge in [0.2, 0.25) is 0 Å². The number of nitrogens with zero attached hydrogens (tertiary/aromatic N) is 1. The van der Waals surface area contributed by atoms with Crippen molar-refractivity contribution in [3.8, 4) is 5.75 Å². The molecule has 1 amide bonds. The minimum Gasteiger partial charge on any atom is -0.490 e. The fourth-order valence-electron chi connectivity index (χ4n) is 4.10. The lowest BCUT2D eigenvalue weighted by Gasteiger charge is -2.42. The number of hydrogen-bond acceptors (Lipinski definition) is 3. The minimum absolute atomic E-state index is 0.181. The molecule has 4 nitrogen and oxygen atoms in total. The minimum atomic E-state index is -4.38. The SMILES string of the molecule is O=C1NC2(CCCN(Cc3ccccc3C(F)(F)F)C2)COc2ccccc21. The summed E-state index contributed by atoms with van der Waals surface area (Å²) in [6.45, 7) is 1.60. The summed E-state index contributed by atoms with van der Waals surface area (Å²) in [5.41, 5.74) is -0.486. The zero-order valence-electron chi connectivity index (χ0n) is 15.3. The number of rotatable bonds is 2. The number of para-hydroxylation sites is 1. The van der Waals surface area contributed by atoms with E-state index in [0.717, 1.165) is 18.9 Å². The molecule has 2 aromatic rings. The zero-order valence-corrected chi connectivity index (χ0v) is 15.3. The maximum atomic E-state index is 13.3. The summed E-state index contributed by atoms with van der Waals surface area (Å²) in [5.74, 6) is 0.335. The first-order valence-corrected chi connectivity index (χ1v) is 9.28. The van der Waals surface area contributed by atoms with Gasteiger partial charge >= 0.3 is 6.18 Å². The molecule has 2 heterocycles. The quantitative estimate of drug-likeness (QED) is 0.847. The summed E-state index contributed by atoms with van der Waals surface area (Å²) in [4.78, 5) is 14.6. The van der Waals surface area contributed by atoms with Crippen LogP contribution in [0.1, 0.15) is 34.3 Å². The number of halogens is 3. The number of hydrogen-bond donors (Lipinski definition) is 1. The second kappa shape index (κ2) is 7.13. The molecule has 1 unspecified atom stereocenters. The van der Waals surface area contributed by atoms with Crippen molar-refractivity contribution in [2.75, 3.05) is 19.7 Å². The van der Waals surface area contributed by atoms with E-state index in [1.807, 2.05) is 11.0 Å². The van der Waals surface area contributed by atoms with Gasteiger partial charge in [-0.1, -0.05) is 30.3 Å². The number of ether oxygens (including phenoxy) is 1. The molecule has 1 spiro atoms. The van der Waals surface area contributed by atoms with E-state index in [-0.39, 0.29) is 18.0 Å². The van der Waals surface area contributed by atoms with E-state index in [4.69, 9.17) is 4.74 Å². The lowest BCUT2D eigenvalue weighted by Crippen LogP contribution is -2.60. The maximum Gasteiger partial charge on any atom is 0.416 e. The molecule has 148 valence electrons. The highest BCUT2D eigenvalue weighted by Crippen LogP contribution is 2.34. The van der Waals surface area contributed by atoms with Crippen LogP contribution in [-0.2, 0) is 12.7 Å². The van der Waals surface area contributed by atoms with Crippen LogP contribution in [0, 0.1) is 0 Å². The summed E-state index contributed by atoms with van der Waals surface area (Å²) in [5, 5.41) is 3.08. The van der Waals surface area contributed by atoms with Crippen LogP contribution in [0.5, 0.6) is 5.75 Å². The van der Waals surface area contributed by atoms with Crippen LogP contribution in [-0.4, -0.2) is 36.0 Å². The van der Waals surface area contributed by atoms with Gasteiger partial charge in [0.15, 0.2) is 0 Å². The molecule has 0 aromatic heterocycles. The van der Waals surface area contributed by atoms with Crippen LogP contribution in [0.4, 0.5) is 13.2 Å². The van der Waals surface area contributed by atoms with Crippen molar-refractivity contribution in [2.24, 2.45) is 0 Å². The predicted octanol–water partition coefficient (Wildman–Crippen LogP) is 3.86. The molecular weight excluding hydrogens is 369 g/mol.